The van der Waals surface area contributed by atoms with Gasteiger partial charge in [0.05, 0.1) is 16.3 Å². The molecule has 1 saturated carbocycles. The molecule has 0 aliphatic heterocycles. The lowest BCUT2D eigenvalue weighted by molar-refractivity contribution is -0.119. The third kappa shape index (κ3) is 4.91. The molecular weight excluding hydrogens is 360 g/mol. The van der Waals surface area contributed by atoms with Crippen molar-refractivity contribution >= 4 is 34.7 Å². The van der Waals surface area contributed by atoms with Crippen molar-refractivity contribution < 1.29 is 9.59 Å². The molecule has 1 aromatic heterocycles. The minimum absolute atomic E-state index is 0.172. The lowest BCUT2D eigenvalue weighted by Gasteiger charge is -2.23. The van der Waals surface area contributed by atoms with Crippen LogP contribution in [0, 0.1) is 0 Å². The molecule has 3 rings (SSSR count). The van der Waals surface area contributed by atoms with Gasteiger partial charge in [0.2, 0.25) is 5.91 Å². The number of para-hydroxylation sites is 2. The van der Waals surface area contributed by atoms with E-state index in [1.807, 2.05) is 28.8 Å². The topological polar surface area (TPSA) is 76.0 Å². The van der Waals surface area contributed by atoms with Crippen LogP contribution in [0.15, 0.2) is 42.1 Å². The Kier molecular flexibility index (Phi) is 6.55. The minimum Gasteiger partial charge on any atom is -0.335 e. The van der Waals surface area contributed by atoms with Crippen molar-refractivity contribution in [3.63, 3.8) is 0 Å². The van der Waals surface area contributed by atoms with Gasteiger partial charge in [-0.25, -0.2) is 9.78 Å². The van der Waals surface area contributed by atoms with Crippen molar-refractivity contribution in [2.24, 2.45) is 0 Å². The van der Waals surface area contributed by atoms with E-state index >= 15 is 0 Å². The average Bonchev–Trinajstić information content (AvgIpc) is 3.00. The molecule has 1 aliphatic rings. The van der Waals surface area contributed by atoms with Gasteiger partial charge in [0.15, 0.2) is 5.16 Å². The Morgan fingerprint density at radius 3 is 2.81 bits per heavy atom. The first-order chi connectivity index (χ1) is 13.1. The molecule has 0 bridgehead atoms. The Morgan fingerprint density at radius 1 is 1.33 bits per heavy atom. The maximum Gasteiger partial charge on any atom is 0.321 e. The zero-order valence-electron chi connectivity index (χ0n) is 15.6. The molecule has 1 atom stereocenters. The molecule has 0 unspecified atom stereocenters. The molecule has 2 N–H and O–H groups in total. The van der Waals surface area contributed by atoms with E-state index in [4.69, 9.17) is 0 Å². The Balaban J connectivity index is 1.62. The number of fused-ring (bicyclic) bond motifs is 1. The number of urea groups is 1. The SMILES string of the molecule is C=CCn1c(S[C@@H](C)C(=O)NC(=O)NC2CCCCC2)nc2ccccc21. The normalized spacial score (nSPS) is 16.0. The van der Waals surface area contributed by atoms with Crippen LogP contribution >= 0.6 is 11.8 Å². The van der Waals surface area contributed by atoms with E-state index in [-0.39, 0.29) is 11.9 Å². The summed E-state index contributed by atoms with van der Waals surface area (Å²) in [6.45, 7) is 6.20. The number of carbonyl (C=O) groups is 2. The first kappa shape index (κ1) is 19.5. The molecular formula is C20H26N4O2S. The lowest BCUT2D eigenvalue weighted by atomic mass is 9.96. The number of aromatic nitrogens is 2. The number of imidazole rings is 1. The summed E-state index contributed by atoms with van der Waals surface area (Å²) in [5.41, 5.74) is 1.88. The van der Waals surface area contributed by atoms with Crippen molar-refractivity contribution in [1.82, 2.24) is 20.2 Å². The molecule has 2 aromatic rings. The van der Waals surface area contributed by atoms with Crippen molar-refractivity contribution in [1.29, 1.82) is 0 Å². The third-order valence-corrected chi connectivity index (χ3v) is 5.85. The Labute approximate surface area is 163 Å². The highest BCUT2D eigenvalue weighted by Gasteiger charge is 2.22. The van der Waals surface area contributed by atoms with Crippen LogP contribution in [0.5, 0.6) is 0 Å². The number of benzene rings is 1. The smallest absolute Gasteiger partial charge is 0.321 e. The quantitative estimate of drug-likeness (QED) is 0.584. The van der Waals surface area contributed by atoms with Gasteiger partial charge in [0, 0.05) is 12.6 Å². The van der Waals surface area contributed by atoms with Crippen LogP contribution in [0.3, 0.4) is 0 Å². The fourth-order valence-corrected chi connectivity index (χ4v) is 4.28. The summed E-state index contributed by atoms with van der Waals surface area (Å²) in [5, 5.41) is 5.67. The summed E-state index contributed by atoms with van der Waals surface area (Å²) in [5.74, 6) is -0.314. The summed E-state index contributed by atoms with van der Waals surface area (Å²) in [6.07, 6.45) is 7.25. The fraction of sp³-hybridized carbons (Fsp3) is 0.450. The summed E-state index contributed by atoms with van der Waals surface area (Å²) < 4.78 is 2.03. The molecule has 3 amide bonds. The predicted octanol–water partition coefficient (Wildman–Crippen LogP) is 3.86. The number of amides is 3. The Hall–Kier alpha value is -2.28. The van der Waals surface area contributed by atoms with Crippen LogP contribution in [0.1, 0.15) is 39.0 Å². The molecule has 0 radical (unpaired) electrons. The van der Waals surface area contributed by atoms with Gasteiger partial charge in [0.1, 0.15) is 0 Å². The molecule has 1 aliphatic carbocycles. The van der Waals surface area contributed by atoms with Gasteiger partial charge in [0.25, 0.3) is 0 Å². The number of nitrogens with zero attached hydrogens (tertiary/aromatic N) is 2. The Morgan fingerprint density at radius 2 is 2.07 bits per heavy atom. The molecule has 144 valence electrons. The largest absolute Gasteiger partial charge is 0.335 e. The van der Waals surface area contributed by atoms with Crippen molar-refractivity contribution in [3.05, 3.63) is 36.9 Å². The van der Waals surface area contributed by atoms with Crippen molar-refractivity contribution in [3.8, 4) is 0 Å². The second kappa shape index (κ2) is 9.08. The number of imide groups is 1. The summed E-state index contributed by atoms with van der Waals surface area (Å²) >= 11 is 1.34. The van der Waals surface area contributed by atoms with E-state index in [1.165, 1.54) is 18.2 Å². The van der Waals surface area contributed by atoms with Gasteiger partial charge in [-0.05, 0) is 31.9 Å². The van der Waals surface area contributed by atoms with E-state index in [9.17, 15) is 9.59 Å². The van der Waals surface area contributed by atoms with E-state index in [1.54, 1.807) is 13.0 Å². The van der Waals surface area contributed by atoms with Gasteiger partial charge >= 0.3 is 6.03 Å². The molecule has 6 nitrogen and oxygen atoms in total. The first-order valence-electron chi connectivity index (χ1n) is 9.42. The van der Waals surface area contributed by atoms with Gasteiger partial charge in [-0.2, -0.15) is 0 Å². The van der Waals surface area contributed by atoms with Gasteiger partial charge in [-0.1, -0.05) is 49.2 Å². The lowest BCUT2D eigenvalue weighted by Crippen LogP contribution is -2.47. The molecule has 1 heterocycles. The van der Waals surface area contributed by atoms with E-state index < -0.39 is 11.3 Å². The standard InChI is InChI=1S/C20H26N4O2S/c1-3-13-24-17-12-8-7-11-16(17)22-20(24)27-14(2)18(25)23-19(26)21-15-9-5-4-6-10-15/h3,7-8,11-12,14-15H,1,4-6,9-10,13H2,2H3,(H2,21,23,25,26)/t14-/m0/s1. The monoisotopic (exact) mass is 386 g/mol. The third-order valence-electron chi connectivity index (χ3n) is 4.76. The van der Waals surface area contributed by atoms with Crippen LogP contribution < -0.4 is 10.6 Å². The zero-order chi connectivity index (χ0) is 19.2. The first-order valence-corrected chi connectivity index (χ1v) is 10.3. The average molecular weight is 387 g/mol. The van der Waals surface area contributed by atoms with Crippen LogP contribution in [0.4, 0.5) is 4.79 Å². The molecule has 1 fully saturated rings. The fourth-order valence-electron chi connectivity index (χ4n) is 3.34. The maximum atomic E-state index is 12.4. The molecule has 0 spiro atoms. The number of nitrogens with one attached hydrogen (secondary N) is 2. The summed E-state index contributed by atoms with van der Waals surface area (Å²) in [7, 11) is 0. The molecule has 27 heavy (non-hydrogen) atoms. The van der Waals surface area contributed by atoms with E-state index in [2.05, 4.69) is 22.2 Å². The van der Waals surface area contributed by atoms with Gasteiger partial charge < -0.3 is 9.88 Å². The Bertz CT molecular complexity index is 826. The van der Waals surface area contributed by atoms with E-state index in [0.717, 1.165) is 41.9 Å². The van der Waals surface area contributed by atoms with Crippen LogP contribution in [-0.2, 0) is 11.3 Å². The van der Waals surface area contributed by atoms with Crippen molar-refractivity contribution in [2.45, 2.75) is 62.0 Å². The number of hydrogen-bond acceptors (Lipinski definition) is 4. The number of hydrogen-bond donors (Lipinski definition) is 2. The number of thioether (sulfide) groups is 1. The predicted molar refractivity (Wildman–Crippen MR) is 109 cm³/mol. The van der Waals surface area contributed by atoms with E-state index in [0.29, 0.717) is 6.54 Å². The summed E-state index contributed by atoms with van der Waals surface area (Å²) in [4.78, 5) is 29.2. The molecule has 1 aromatic carbocycles. The van der Waals surface area contributed by atoms with Gasteiger partial charge in [-0.15, -0.1) is 6.58 Å². The zero-order valence-corrected chi connectivity index (χ0v) is 16.4. The van der Waals surface area contributed by atoms with Crippen LogP contribution in [0.2, 0.25) is 0 Å². The van der Waals surface area contributed by atoms with Crippen LogP contribution in [0.25, 0.3) is 11.0 Å². The number of rotatable bonds is 6. The van der Waals surface area contributed by atoms with Crippen molar-refractivity contribution in [2.75, 3.05) is 0 Å². The van der Waals surface area contributed by atoms with Gasteiger partial charge in [-0.3, -0.25) is 10.1 Å². The second-order valence-corrected chi connectivity index (χ2v) is 8.15. The molecule has 7 heteroatoms. The second-order valence-electron chi connectivity index (χ2n) is 6.84. The highest BCUT2D eigenvalue weighted by atomic mass is 32.2. The maximum absolute atomic E-state index is 12.4. The van der Waals surface area contributed by atoms with Crippen LogP contribution in [-0.4, -0.2) is 32.8 Å². The molecule has 0 saturated heterocycles. The number of carbonyl (C=O) groups excluding carboxylic acids is 2. The highest BCUT2D eigenvalue weighted by molar-refractivity contribution is 8.00. The number of allylic oxidation sites excluding steroid dienone is 1. The minimum atomic E-state index is -0.442. The highest BCUT2D eigenvalue weighted by Crippen LogP contribution is 2.27. The summed E-state index contributed by atoms with van der Waals surface area (Å²) in [6, 6.07) is 7.61.